The van der Waals surface area contributed by atoms with E-state index in [1.165, 1.54) is 5.56 Å². The molecular formula is C14H22N2O. The smallest absolute Gasteiger partial charge is 0.123 e. The van der Waals surface area contributed by atoms with E-state index in [4.69, 9.17) is 10.5 Å². The summed E-state index contributed by atoms with van der Waals surface area (Å²) >= 11 is 0. The van der Waals surface area contributed by atoms with E-state index in [2.05, 4.69) is 32.7 Å². The molecular weight excluding hydrogens is 212 g/mol. The van der Waals surface area contributed by atoms with Gasteiger partial charge in [0.25, 0.3) is 0 Å². The van der Waals surface area contributed by atoms with Crippen LogP contribution in [0, 0.1) is 5.92 Å². The first-order chi connectivity index (χ1) is 7.78. The van der Waals surface area contributed by atoms with Gasteiger partial charge >= 0.3 is 0 Å². The van der Waals surface area contributed by atoms with Crippen molar-refractivity contribution >= 4 is 5.82 Å². The third-order valence-electron chi connectivity index (χ3n) is 3.59. The predicted molar refractivity (Wildman–Crippen MR) is 69.7 cm³/mol. The van der Waals surface area contributed by atoms with Crippen molar-refractivity contribution in [3.63, 3.8) is 0 Å². The van der Waals surface area contributed by atoms with Gasteiger partial charge < -0.3 is 10.5 Å². The molecule has 94 valence electrons. The van der Waals surface area contributed by atoms with E-state index >= 15 is 0 Å². The quantitative estimate of drug-likeness (QED) is 0.856. The Labute approximate surface area is 103 Å². The number of anilines is 1. The lowest BCUT2D eigenvalue weighted by molar-refractivity contribution is -0.0744. The van der Waals surface area contributed by atoms with E-state index in [-0.39, 0.29) is 11.2 Å². The maximum Gasteiger partial charge on any atom is 0.123 e. The van der Waals surface area contributed by atoms with Crippen LogP contribution in [-0.4, -0.2) is 16.2 Å². The highest BCUT2D eigenvalue weighted by molar-refractivity contribution is 5.32. The van der Waals surface area contributed by atoms with Crippen LogP contribution in [0.25, 0.3) is 0 Å². The average molecular weight is 234 g/mol. The molecule has 0 saturated carbocycles. The van der Waals surface area contributed by atoms with Crippen molar-refractivity contribution in [3.8, 4) is 0 Å². The summed E-state index contributed by atoms with van der Waals surface area (Å²) < 4.78 is 6.10. The van der Waals surface area contributed by atoms with Gasteiger partial charge in [-0.15, -0.1) is 0 Å². The zero-order valence-corrected chi connectivity index (χ0v) is 11.2. The average Bonchev–Trinajstić information content (AvgIpc) is 2.34. The lowest BCUT2D eigenvalue weighted by Crippen LogP contribution is -2.30. The summed E-state index contributed by atoms with van der Waals surface area (Å²) in [6, 6.07) is 4.00. The molecule has 17 heavy (non-hydrogen) atoms. The number of nitrogen functional groups attached to an aromatic ring is 1. The van der Waals surface area contributed by atoms with Crippen LogP contribution in [0.2, 0.25) is 0 Å². The molecule has 1 saturated heterocycles. The third-order valence-corrected chi connectivity index (χ3v) is 3.59. The van der Waals surface area contributed by atoms with Crippen LogP contribution >= 0.6 is 0 Å². The molecule has 1 aromatic heterocycles. The molecule has 1 fully saturated rings. The first-order valence-electron chi connectivity index (χ1n) is 6.19. The van der Waals surface area contributed by atoms with E-state index < -0.39 is 0 Å². The molecule has 2 heterocycles. The number of nitrogens with two attached hydrogens (primary N) is 1. The fraction of sp³-hybridized carbons (Fsp3) is 0.643. The monoisotopic (exact) mass is 234 g/mol. The number of nitrogens with zero attached hydrogens (tertiary/aromatic N) is 1. The molecule has 1 aromatic rings. The van der Waals surface area contributed by atoms with Crippen LogP contribution in [0.5, 0.6) is 0 Å². The van der Waals surface area contributed by atoms with Crippen molar-refractivity contribution in [2.24, 2.45) is 5.92 Å². The number of aromatic nitrogens is 1. The highest BCUT2D eigenvalue weighted by Crippen LogP contribution is 2.43. The van der Waals surface area contributed by atoms with Crippen LogP contribution < -0.4 is 5.73 Å². The molecule has 0 aliphatic carbocycles. The van der Waals surface area contributed by atoms with Crippen LogP contribution in [0.1, 0.15) is 39.7 Å². The Bertz CT molecular complexity index is 412. The summed E-state index contributed by atoms with van der Waals surface area (Å²) in [6.07, 6.45) is 3.87. The molecule has 2 N–H and O–H groups in total. The molecule has 3 heteroatoms. The van der Waals surface area contributed by atoms with Crippen molar-refractivity contribution in [3.05, 3.63) is 23.9 Å². The molecule has 0 bridgehead atoms. The second-order valence-corrected chi connectivity index (χ2v) is 6.16. The lowest BCUT2D eigenvalue weighted by atomic mass is 9.83. The highest BCUT2D eigenvalue weighted by Gasteiger charge is 2.45. The number of hydrogen-bond donors (Lipinski definition) is 1. The van der Waals surface area contributed by atoms with Crippen LogP contribution in [0.15, 0.2) is 18.3 Å². The van der Waals surface area contributed by atoms with Crippen LogP contribution in [-0.2, 0) is 11.2 Å². The topological polar surface area (TPSA) is 48.1 Å². The van der Waals surface area contributed by atoms with Crippen molar-refractivity contribution in [2.75, 3.05) is 5.73 Å². The van der Waals surface area contributed by atoms with Crippen molar-refractivity contribution in [1.29, 1.82) is 0 Å². The van der Waals surface area contributed by atoms with E-state index in [0.717, 1.165) is 12.8 Å². The summed E-state index contributed by atoms with van der Waals surface area (Å²) in [6.45, 7) is 8.68. The predicted octanol–water partition coefficient (Wildman–Crippen LogP) is 2.80. The van der Waals surface area contributed by atoms with Crippen LogP contribution in [0.4, 0.5) is 5.82 Å². The fourth-order valence-corrected chi connectivity index (χ4v) is 2.90. The summed E-state index contributed by atoms with van der Waals surface area (Å²) in [7, 11) is 0. The number of pyridine rings is 1. The summed E-state index contributed by atoms with van der Waals surface area (Å²) in [5.41, 5.74) is 6.87. The molecule has 0 aromatic carbocycles. The molecule has 0 amide bonds. The van der Waals surface area contributed by atoms with Crippen LogP contribution in [0.3, 0.4) is 0 Å². The number of hydrogen-bond acceptors (Lipinski definition) is 3. The Morgan fingerprint density at radius 1 is 1.41 bits per heavy atom. The van der Waals surface area contributed by atoms with Gasteiger partial charge in [-0.2, -0.15) is 0 Å². The van der Waals surface area contributed by atoms with Gasteiger partial charge in [0, 0.05) is 6.20 Å². The van der Waals surface area contributed by atoms with Crippen molar-refractivity contribution < 1.29 is 4.74 Å². The van der Waals surface area contributed by atoms with E-state index in [0.29, 0.717) is 11.7 Å². The molecule has 3 nitrogen and oxygen atoms in total. The molecule has 2 rings (SSSR count). The van der Waals surface area contributed by atoms with Gasteiger partial charge in [-0.3, -0.25) is 0 Å². The van der Waals surface area contributed by atoms with Crippen molar-refractivity contribution in [1.82, 2.24) is 4.98 Å². The minimum atomic E-state index is -0.0679. The van der Waals surface area contributed by atoms with Crippen molar-refractivity contribution in [2.45, 2.75) is 51.7 Å². The number of rotatable bonds is 2. The molecule has 0 radical (unpaired) electrons. The van der Waals surface area contributed by atoms with E-state index in [1.54, 1.807) is 6.20 Å². The molecule has 1 aliphatic heterocycles. The molecule has 1 atom stereocenters. The van der Waals surface area contributed by atoms with E-state index in [1.807, 2.05) is 12.1 Å². The van der Waals surface area contributed by atoms with Gasteiger partial charge in [0.1, 0.15) is 5.82 Å². The van der Waals surface area contributed by atoms with Gasteiger partial charge in [0.2, 0.25) is 0 Å². The van der Waals surface area contributed by atoms with Gasteiger partial charge in [0.15, 0.2) is 0 Å². The first kappa shape index (κ1) is 12.4. The zero-order chi connectivity index (χ0) is 12.7. The second-order valence-electron chi connectivity index (χ2n) is 6.16. The maximum atomic E-state index is 6.10. The summed E-state index contributed by atoms with van der Waals surface area (Å²) in [5, 5.41) is 0. The minimum Gasteiger partial charge on any atom is -0.384 e. The molecule has 0 spiro atoms. The van der Waals surface area contributed by atoms with E-state index in [9.17, 15) is 0 Å². The lowest BCUT2D eigenvalue weighted by Gasteiger charge is -2.27. The van der Waals surface area contributed by atoms with Gasteiger partial charge in [-0.25, -0.2) is 4.98 Å². The first-order valence-corrected chi connectivity index (χ1v) is 6.19. The highest BCUT2D eigenvalue weighted by atomic mass is 16.5. The Balaban J connectivity index is 2.14. The minimum absolute atomic E-state index is 0.0211. The summed E-state index contributed by atoms with van der Waals surface area (Å²) in [4.78, 5) is 4.03. The Morgan fingerprint density at radius 3 is 2.65 bits per heavy atom. The Morgan fingerprint density at radius 2 is 2.12 bits per heavy atom. The SMILES string of the molecule is CC1(C)CC(Cc2ccnc(N)c2)C(C)(C)O1. The Kier molecular flexibility index (Phi) is 2.90. The standard InChI is InChI=1S/C14H22N2O/c1-13(2)9-11(14(3,4)17-13)7-10-5-6-16-12(15)8-10/h5-6,8,11H,7,9H2,1-4H3,(H2,15,16). The second kappa shape index (κ2) is 3.98. The molecule has 1 aliphatic rings. The normalized spacial score (nSPS) is 26.0. The largest absolute Gasteiger partial charge is 0.384 e. The fourth-order valence-electron chi connectivity index (χ4n) is 2.90. The summed E-state index contributed by atoms with van der Waals surface area (Å²) in [5.74, 6) is 1.12. The zero-order valence-electron chi connectivity index (χ0n) is 11.2. The molecule has 1 unspecified atom stereocenters. The Hall–Kier alpha value is -1.09. The number of ether oxygens (including phenoxy) is 1. The van der Waals surface area contributed by atoms with Gasteiger partial charge in [0.05, 0.1) is 11.2 Å². The maximum absolute atomic E-state index is 6.10. The van der Waals surface area contributed by atoms with Gasteiger partial charge in [-0.1, -0.05) is 0 Å². The van der Waals surface area contributed by atoms with Gasteiger partial charge in [-0.05, 0) is 64.2 Å². The third kappa shape index (κ3) is 2.78.